The van der Waals surface area contributed by atoms with Crippen LogP contribution in [-0.4, -0.2) is 14.9 Å². The fourth-order valence-electron chi connectivity index (χ4n) is 1.88. The molecule has 1 aromatic carbocycles. The van der Waals surface area contributed by atoms with Crippen molar-refractivity contribution in [3.05, 3.63) is 63.7 Å². The van der Waals surface area contributed by atoms with Gasteiger partial charge in [0, 0.05) is 0 Å². The molecule has 108 valence electrons. The van der Waals surface area contributed by atoms with Crippen molar-refractivity contribution in [3.8, 4) is 10.8 Å². The Hall–Kier alpha value is -2.25. The summed E-state index contributed by atoms with van der Waals surface area (Å²) in [6, 6.07) is 9.04. The lowest BCUT2D eigenvalue weighted by molar-refractivity contribution is 0.148. The fourth-order valence-corrected chi connectivity index (χ4v) is 2.52. The summed E-state index contributed by atoms with van der Waals surface area (Å²) in [6.45, 7) is -0.0562. The number of aliphatic hydroxyl groups excluding tert-OH is 1. The zero-order valence-corrected chi connectivity index (χ0v) is 11.6. The lowest BCUT2D eigenvalue weighted by Crippen LogP contribution is -2.20. The van der Waals surface area contributed by atoms with Crippen molar-refractivity contribution in [2.24, 2.45) is 0 Å². The Kier molecular flexibility index (Phi) is 3.68. The molecular weight excluding hydrogens is 295 g/mol. The molecule has 0 aliphatic heterocycles. The minimum Gasteiger partial charge on any atom is -0.387 e. The number of hydrogen-bond acceptors (Lipinski definition) is 5. The van der Waals surface area contributed by atoms with Crippen molar-refractivity contribution in [1.29, 1.82) is 0 Å². The maximum Gasteiger partial charge on any atom is 0.437 e. The van der Waals surface area contributed by atoms with Crippen LogP contribution in [0, 0.1) is 5.82 Å². The summed E-state index contributed by atoms with van der Waals surface area (Å²) in [5.41, 5.74) is 0.504. The normalized spacial score (nSPS) is 12.5. The highest BCUT2D eigenvalue weighted by atomic mass is 32.1. The first-order valence-electron chi connectivity index (χ1n) is 6.19. The molecule has 0 saturated heterocycles. The van der Waals surface area contributed by atoms with Gasteiger partial charge in [0.25, 0.3) is 5.89 Å². The summed E-state index contributed by atoms with van der Waals surface area (Å²) in [7, 11) is 0. The van der Waals surface area contributed by atoms with Gasteiger partial charge in [-0.25, -0.2) is 9.18 Å². The second kappa shape index (κ2) is 5.63. The summed E-state index contributed by atoms with van der Waals surface area (Å²) in [4.78, 5) is 12.5. The van der Waals surface area contributed by atoms with Gasteiger partial charge in [0.1, 0.15) is 5.82 Å². The molecule has 2 heterocycles. The number of benzene rings is 1. The Morgan fingerprint density at radius 1 is 1.33 bits per heavy atom. The molecule has 5 nitrogen and oxygen atoms in total. The summed E-state index contributed by atoms with van der Waals surface area (Å²) >= 11 is 1.40. The van der Waals surface area contributed by atoms with E-state index in [1.807, 2.05) is 11.4 Å². The summed E-state index contributed by atoms with van der Waals surface area (Å²) in [6.07, 6.45) is -0.968. The van der Waals surface area contributed by atoms with Crippen LogP contribution in [0.1, 0.15) is 11.7 Å². The van der Waals surface area contributed by atoms with E-state index in [9.17, 15) is 14.3 Å². The molecular formula is C14H11FN2O3S. The van der Waals surface area contributed by atoms with Crippen molar-refractivity contribution in [2.75, 3.05) is 0 Å². The average Bonchev–Trinajstić information content (AvgIpc) is 3.10. The third-order valence-corrected chi connectivity index (χ3v) is 3.80. The van der Waals surface area contributed by atoms with Gasteiger partial charge < -0.3 is 9.52 Å². The van der Waals surface area contributed by atoms with Gasteiger partial charge in [-0.2, -0.15) is 4.68 Å². The summed E-state index contributed by atoms with van der Waals surface area (Å²) in [5, 5.41) is 16.0. The minimum absolute atomic E-state index is 0.0562. The topological polar surface area (TPSA) is 68.3 Å². The third kappa shape index (κ3) is 2.93. The van der Waals surface area contributed by atoms with Crippen LogP contribution >= 0.6 is 11.3 Å². The van der Waals surface area contributed by atoms with Crippen LogP contribution in [0.15, 0.2) is 51.0 Å². The molecule has 1 atom stereocenters. The molecule has 3 aromatic rings. The average molecular weight is 306 g/mol. The van der Waals surface area contributed by atoms with Crippen molar-refractivity contribution < 1.29 is 13.9 Å². The van der Waals surface area contributed by atoms with Gasteiger partial charge in [0.05, 0.1) is 17.5 Å². The number of nitrogens with zero attached hydrogens (tertiary/aromatic N) is 2. The lowest BCUT2D eigenvalue weighted by Gasteiger charge is -2.09. The zero-order chi connectivity index (χ0) is 14.8. The largest absolute Gasteiger partial charge is 0.437 e. The summed E-state index contributed by atoms with van der Waals surface area (Å²) < 4.78 is 18.9. The maximum absolute atomic E-state index is 12.8. The maximum atomic E-state index is 12.8. The number of thiophene rings is 1. The Bertz CT molecular complexity index is 777. The van der Waals surface area contributed by atoms with Crippen LogP contribution in [0.5, 0.6) is 0 Å². The zero-order valence-electron chi connectivity index (χ0n) is 10.8. The number of halogens is 1. The van der Waals surface area contributed by atoms with Crippen LogP contribution in [0.3, 0.4) is 0 Å². The van der Waals surface area contributed by atoms with Crippen molar-refractivity contribution in [3.63, 3.8) is 0 Å². The second-order valence-corrected chi connectivity index (χ2v) is 5.35. The molecule has 2 aromatic heterocycles. The van der Waals surface area contributed by atoms with Crippen molar-refractivity contribution >= 4 is 11.3 Å². The SMILES string of the molecule is O=c1oc(-c2cccs2)nn1CC(O)c1ccc(F)cc1. The van der Waals surface area contributed by atoms with E-state index in [1.54, 1.807) is 6.07 Å². The van der Waals surface area contributed by atoms with E-state index in [2.05, 4.69) is 5.10 Å². The first-order chi connectivity index (χ1) is 10.1. The Morgan fingerprint density at radius 3 is 2.76 bits per heavy atom. The number of hydrogen-bond donors (Lipinski definition) is 1. The molecule has 0 radical (unpaired) electrons. The van der Waals surface area contributed by atoms with E-state index in [1.165, 1.54) is 35.6 Å². The molecule has 0 aliphatic carbocycles. The smallest absolute Gasteiger partial charge is 0.387 e. The first-order valence-corrected chi connectivity index (χ1v) is 7.07. The van der Waals surface area contributed by atoms with Crippen molar-refractivity contribution in [2.45, 2.75) is 12.6 Å². The second-order valence-electron chi connectivity index (χ2n) is 4.40. The van der Waals surface area contributed by atoms with Crippen LogP contribution in [-0.2, 0) is 6.54 Å². The molecule has 0 amide bonds. The number of aromatic nitrogens is 2. The Labute approximate surface area is 122 Å². The molecule has 21 heavy (non-hydrogen) atoms. The third-order valence-electron chi connectivity index (χ3n) is 2.94. The van der Waals surface area contributed by atoms with Gasteiger partial charge >= 0.3 is 5.76 Å². The van der Waals surface area contributed by atoms with E-state index < -0.39 is 11.9 Å². The standard InChI is InChI=1S/C14H11FN2O3S/c15-10-5-3-9(4-6-10)11(18)8-17-14(19)20-13(16-17)12-2-1-7-21-12/h1-7,11,18H,8H2. The number of aliphatic hydroxyl groups is 1. The molecule has 3 rings (SSSR count). The molecule has 0 spiro atoms. The van der Waals surface area contributed by atoms with E-state index in [0.29, 0.717) is 5.56 Å². The lowest BCUT2D eigenvalue weighted by atomic mass is 10.1. The Morgan fingerprint density at radius 2 is 2.10 bits per heavy atom. The molecule has 1 N–H and O–H groups in total. The monoisotopic (exact) mass is 306 g/mol. The molecule has 0 fully saturated rings. The van der Waals surface area contributed by atoms with Gasteiger partial charge in [-0.15, -0.1) is 16.4 Å². The summed E-state index contributed by atoms with van der Waals surface area (Å²) in [5.74, 6) is -0.801. The minimum atomic E-state index is -0.968. The van der Waals surface area contributed by atoms with Gasteiger partial charge in [-0.05, 0) is 29.1 Å². The van der Waals surface area contributed by atoms with Crippen LogP contribution in [0.2, 0.25) is 0 Å². The first kappa shape index (κ1) is 13.7. The van der Waals surface area contributed by atoms with E-state index in [-0.39, 0.29) is 18.3 Å². The predicted molar refractivity (Wildman–Crippen MR) is 75.4 cm³/mol. The quantitative estimate of drug-likeness (QED) is 0.804. The Balaban J connectivity index is 1.82. The van der Waals surface area contributed by atoms with E-state index in [4.69, 9.17) is 4.42 Å². The van der Waals surface area contributed by atoms with Crippen molar-refractivity contribution in [1.82, 2.24) is 9.78 Å². The van der Waals surface area contributed by atoms with Gasteiger partial charge in [-0.1, -0.05) is 18.2 Å². The van der Waals surface area contributed by atoms with E-state index >= 15 is 0 Å². The van der Waals surface area contributed by atoms with Gasteiger partial charge in [-0.3, -0.25) is 0 Å². The molecule has 0 saturated carbocycles. The highest BCUT2D eigenvalue weighted by molar-refractivity contribution is 7.13. The van der Waals surface area contributed by atoms with Gasteiger partial charge in [0.15, 0.2) is 0 Å². The number of rotatable bonds is 4. The highest BCUT2D eigenvalue weighted by Gasteiger charge is 2.15. The van der Waals surface area contributed by atoms with Gasteiger partial charge in [0.2, 0.25) is 0 Å². The molecule has 0 aliphatic rings. The molecule has 0 bridgehead atoms. The van der Waals surface area contributed by atoms with E-state index in [0.717, 1.165) is 9.56 Å². The fraction of sp³-hybridized carbons (Fsp3) is 0.143. The highest BCUT2D eigenvalue weighted by Crippen LogP contribution is 2.22. The molecule has 1 unspecified atom stereocenters. The predicted octanol–water partition coefficient (Wildman–Crippen LogP) is 2.44. The van der Waals surface area contributed by atoms with Crippen LogP contribution < -0.4 is 5.76 Å². The molecule has 7 heteroatoms. The van der Waals surface area contributed by atoms with Crippen LogP contribution in [0.4, 0.5) is 4.39 Å². The van der Waals surface area contributed by atoms with Crippen LogP contribution in [0.25, 0.3) is 10.8 Å².